The number of nitrogens with one attached hydrogen (secondary N) is 1. The summed E-state index contributed by atoms with van der Waals surface area (Å²) in [5.41, 5.74) is 1.54. The number of carbonyl (C=O) groups excluding carboxylic acids is 1. The molecule has 5 heteroatoms. The second-order valence-corrected chi connectivity index (χ2v) is 5.98. The quantitative estimate of drug-likeness (QED) is 0.918. The van der Waals surface area contributed by atoms with Crippen molar-refractivity contribution in [1.29, 1.82) is 0 Å². The Bertz CT molecular complexity index is 530. The third kappa shape index (κ3) is 3.35. The molecule has 0 unspecified atom stereocenters. The number of benzene rings is 1. The Morgan fingerprint density at radius 2 is 2.14 bits per heavy atom. The van der Waals surface area contributed by atoms with Gasteiger partial charge in [0.1, 0.15) is 5.82 Å². The molecule has 1 aliphatic carbocycles. The number of hydrogen-bond donors (Lipinski definition) is 1. The van der Waals surface area contributed by atoms with Crippen molar-refractivity contribution >= 4 is 11.6 Å². The minimum atomic E-state index is -0.189. The second-order valence-electron chi connectivity index (χ2n) is 5.98. The van der Waals surface area contributed by atoms with Crippen LogP contribution in [-0.4, -0.2) is 43.5 Å². The van der Waals surface area contributed by atoms with Gasteiger partial charge >= 0.3 is 0 Å². The van der Waals surface area contributed by atoms with Crippen LogP contribution < -0.4 is 10.2 Å². The van der Waals surface area contributed by atoms with Gasteiger partial charge in [0.05, 0.1) is 6.54 Å². The average Bonchev–Trinajstić information content (AvgIpc) is 3.28. The monoisotopic (exact) mass is 291 g/mol. The molecule has 1 aromatic rings. The van der Waals surface area contributed by atoms with E-state index in [0.717, 1.165) is 25.2 Å². The first-order chi connectivity index (χ1) is 10.1. The fourth-order valence-corrected chi connectivity index (χ4v) is 2.74. The summed E-state index contributed by atoms with van der Waals surface area (Å²) in [5.74, 6) is -0.0939. The number of rotatable bonds is 4. The zero-order valence-electron chi connectivity index (χ0n) is 12.4. The van der Waals surface area contributed by atoms with Crippen LogP contribution in [-0.2, 0) is 11.3 Å². The van der Waals surface area contributed by atoms with E-state index in [2.05, 4.69) is 5.32 Å². The summed E-state index contributed by atoms with van der Waals surface area (Å²) in [6, 6.07) is 5.68. The summed E-state index contributed by atoms with van der Waals surface area (Å²) < 4.78 is 14.2. The van der Waals surface area contributed by atoms with Crippen molar-refractivity contribution in [3.63, 3.8) is 0 Å². The van der Waals surface area contributed by atoms with Crippen LogP contribution in [0.25, 0.3) is 0 Å². The number of nitrogens with zero attached hydrogens (tertiary/aromatic N) is 2. The molecular weight excluding hydrogens is 269 g/mol. The van der Waals surface area contributed by atoms with Crippen LogP contribution in [0.5, 0.6) is 0 Å². The molecule has 0 aromatic heterocycles. The van der Waals surface area contributed by atoms with Crippen molar-refractivity contribution in [3.05, 3.63) is 29.6 Å². The molecule has 1 N–H and O–H groups in total. The van der Waals surface area contributed by atoms with E-state index in [0.29, 0.717) is 24.7 Å². The van der Waals surface area contributed by atoms with Gasteiger partial charge in [0.2, 0.25) is 5.91 Å². The molecule has 2 fully saturated rings. The average molecular weight is 291 g/mol. The standard InChI is InChI=1S/C16H22FN3O/c1-19-8-3-9-20(11-16(19)21)15-5-2-4-14(17)13(15)10-18-12-6-7-12/h2,4-5,12,18H,3,6-11H2,1H3. The summed E-state index contributed by atoms with van der Waals surface area (Å²) >= 11 is 0. The molecule has 0 spiro atoms. The molecule has 1 saturated heterocycles. The first-order valence-electron chi connectivity index (χ1n) is 7.65. The van der Waals surface area contributed by atoms with Gasteiger partial charge in [0, 0.05) is 44.0 Å². The van der Waals surface area contributed by atoms with Gasteiger partial charge in [-0.25, -0.2) is 4.39 Å². The summed E-state index contributed by atoms with van der Waals surface area (Å²) in [6.07, 6.45) is 3.27. The largest absolute Gasteiger partial charge is 0.362 e. The van der Waals surface area contributed by atoms with Crippen LogP contribution in [0.4, 0.5) is 10.1 Å². The summed E-state index contributed by atoms with van der Waals surface area (Å²) in [6.45, 7) is 2.42. The smallest absolute Gasteiger partial charge is 0.241 e. The Balaban J connectivity index is 1.82. The predicted octanol–water partition coefficient (Wildman–Crippen LogP) is 1.75. The number of likely N-dealkylation sites (N-methyl/N-ethyl adjacent to an activating group) is 1. The molecule has 0 bridgehead atoms. The zero-order valence-corrected chi connectivity index (χ0v) is 12.4. The Morgan fingerprint density at radius 1 is 1.33 bits per heavy atom. The Morgan fingerprint density at radius 3 is 2.90 bits per heavy atom. The van der Waals surface area contributed by atoms with Crippen molar-refractivity contribution in [2.45, 2.75) is 31.8 Å². The van der Waals surface area contributed by atoms with Gasteiger partial charge in [-0.2, -0.15) is 0 Å². The lowest BCUT2D eigenvalue weighted by atomic mass is 10.1. The number of anilines is 1. The molecule has 1 aliphatic heterocycles. The highest BCUT2D eigenvalue weighted by atomic mass is 19.1. The van der Waals surface area contributed by atoms with Crippen LogP contribution in [0.2, 0.25) is 0 Å². The molecule has 1 aromatic carbocycles. The van der Waals surface area contributed by atoms with Gasteiger partial charge in [0.25, 0.3) is 0 Å². The van der Waals surface area contributed by atoms with Gasteiger partial charge in [0.15, 0.2) is 0 Å². The Labute approximate surface area is 124 Å². The number of halogens is 1. The lowest BCUT2D eigenvalue weighted by Crippen LogP contribution is -2.35. The van der Waals surface area contributed by atoms with Crippen molar-refractivity contribution in [2.24, 2.45) is 0 Å². The molecule has 1 heterocycles. The van der Waals surface area contributed by atoms with Crippen molar-refractivity contribution < 1.29 is 9.18 Å². The first kappa shape index (κ1) is 14.3. The van der Waals surface area contributed by atoms with Gasteiger partial charge in [-0.15, -0.1) is 0 Å². The van der Waals surface area contributed by atoms with E-state index in [-0.39, 0.29) is 11.7 Å². The number of amides is 1. The molecular formula is C16H22FN3O. The topological polar surface area (TPSA) is 35.6 Å². The molecule has 3 rings (SSSR count). The van der Waals surface area contributed by atoms with E-state index in [4.69, 9.17) is 0 Å². The summed E-state index contributed by atoms with van der Waals surface area (Å²) in [5, 5.41) is 3.37. The fraction of sp³-hybridized carbons (Fsp3) is 0.562. The molecule has 114 valence electrons. The van der Waals surface area contributed by atoms with Gasteiger partial charge in [-0.05, 0) is 31.4 Å². The highest BCUT2D eigenvalue weighted by molar-refractivity contribution is 5.82. The SMILES string of the molecule is CN1CCCN(c2cccc(F)c2CNC2CC2)CC1=O. The fourth-order valence-electron chi connectivity index (χ4n) is 2.74. The summed E-state index contributed by atoms with van der Waals surface area (Å²) in [4.78, 5) is 15.8. The predicted molar refractivity (Wildman–Crippen MR) is 80.7 cm³/mol. The highest BCUT2D eigenvalue weighted by Crippen LogP contribution is 2.26. The normalized spacial score (nSPS) is 19.8. The van der Waals surface area contributed by atoms with Gasteiger partial charge < -0.3 is 15.1 Å². The Kier molecular flexibility index (Phi) is 4.10. The maximum absolute atomic E-state index is 14.2. The van der Waals surface area contributed by atoms with E-state index in [1.54, 1.807) is 11.0 Å². The van der Waals surface area contributed by atoms with E-state index in [9.17, 15) is 9.18 Å². The van der Waals surface area contributed by atoms with E-state index < -0.39 is 0 Å². The first-order valence-corrected chi connectivity index (χ1v) is 7.65. The minimum absolute atomic E-state index is 0.0952. The molecule has 4 nitrogen and oxygen atoms in total. The van der Waals surface area contributed by atoms with Crippen molar-refractivity contribution in [3.8, 4) is 0 Å². The lowest BCUT2D eigenvalue weighted by Gasteiger charge is -2.25. The van der Waals surface area contributed by atoms with E-state index >= 15 is 0 Å². The van der Waals surface area contributed by atoms with Crippen LogP contribution in [0.1, 0.15) is 24.8 Å². The number of hydrogen-bond acceptors (Lipinski definition) is 3. The Hall–Kier alpha value is -1.62. The molecule has 2 aliphatic rings. The molecule has 0 atom stereocenters. The van der Waals surface area contributed by atoms with Crippen LogP contribution in [0.3, 0.4) is 0 Å². The third-order valence-electron chi connectivity index (χ3n) is 4.25. The maximum atomic E-state index is 14.2. The van der Waals surface area contributed by atoms with Gasteiger partial charge in [-0.3, -0.25) is 4.79 Å². The van der Waals surface area contributed by atoms with Crippen LogP contribution >= 0.6 is 0 Å². The van der Waals surface area contributed by atoms with Crippen molar-refractivity contribution in [2.75, 3.05) is 31.6 Å². The van der Waals surface area contributed by atoms with Gasteiger partial charge in [-0.1, -0.05) is 6.07 Å². The third-order valence-corrected chi connectivity index (χ3v) is 4.25. The van der Waals surface area contributed by atoms with Crippen molar-refractivity contribution in [1.82, 2.24) is 10.2 Å². The van der Waals surface area contributed by atoms with Crippen LogP contribution in [0, 0.1) is 5.82 Å². The minimum Gasteiger partial charge on any atom is -0.362 e. The molecule has 1 saturated carbocycles. The highest BCUT2D eigenvalue weighted by Gasteiger charge is 2.24. The lowest BCUT2D eigenvalue weighted by molar-refractivity contribution is -0.127. The zero-order chi connectivity index (χ0) is 14.8. The number of carbonyl (C=O) groups is 1. The van der Waals surface area contributed by atoms with Crippen LogP contribution in [0.15, 0.2) is 18.2 Å². The second kappa shape index (κ2) is 6.02. The molecule has 1 amide bonds. The van der Waals surface area contributed by atoms with E-state index in [1.165, 1.54) is 18.9 Å². The summed E-state index contributed by atoms with van der Waals surface area (Å²) in [7, 11) is 1.83. The molecule has 21 heavy (non-hydrogen) atoms. The molecule has 0 radical (unpaired) electrons. The maximum Gasteiger partial charge on any atom is 0.241 e. The van der Waals surface area contributed by atoms with E-state index in [1.807, 2.05) is 18.0 Å².